The maximum absolute atomic E-state index is 12.2. The fourth-order valence-corrected chi connectivity index (χ4v) is 2.74. The first kappa shape index (κ1) is 20.4. The third-order valence-electron chi connectivity index (χ3n) is 4.19. The molecule has 0 bridgehead atoms. The summed E-state index contributed by atoms with van der Waals surface area (Å²) in [4.78, 5) is 26.4. The van der Waals surface area contributed by atoms with E-state index in [9.17, 15) is 9.59 Å². The number of hydrogen-bond donors (Lipinski definition) is 2. The molecule has 0 unspecified atom stereocenters. The molecule has 3 rings (SSSR count). The lowest BCUT2D eigenvalue weighted by atomic mass is 10.2. The average molecular weight is 414 g/mol. The number of hydrazine groups is 1. The highest BCUT2D eigenvalue weighted by molar-refractivity contribution is 6.30. The van der Waals surface area contributed by atoms with Crippen LogP contribution in [0, 0.1) is 0 Å². The Kier molecular flexibility index (Phi) is 6.88. The van der Waals surface area contributed by atoms with Crippen LogP contribution in [0.2, 0.25) is 5.02 Å². The quantitative estimate of drug-likeness (QED) is 0.570. The molecule has 2 amide bonds. The van der Waals surface area contributed by atoms with Crippen LogP contribution >= 0.6 is 11.6 Å². The fraction of sp³-hybridized carbons (Fsp3) is 0.211. The van der Waals surface area contributed by atoms with Crippen LogP contribution in [-0.4, -0.2) is 50.0 Å². The van der Waals surface area contributed by atoms with Crippen LogP contribution in [0.3, 0.4) is 0 Å². The van der Waals surface area contributed by atoms with Crippen LogP contribution in [0.5, 0.6) is 0 Å². The summed E-state index contributed by atoms with van der Waals surface area (Å²) >= 11 is 5.89. The average Bonchev–Trinajstić information content (AvgIpc) is 3.28. The zero-order valence-electron chi connectivity index (χ0n) is 15.7. The van der Waals surface area contributed by atoms with Gasteiger partial charge in [0.05, 0.1) is 12.2 Å². The highest BCUT2D eigenvalue weighted by Gasteiger charge is 2.12. The van der Waals surface area contributed by atoms with Gasteiger partial charge in [0.1, 0.15) is 6.33 Å². The minimum absolute atomic E-state index is 0.150. The van der Waals surface area contributed by atoms with E-state index >= 15 is 0 Å². The SMILES string of the molecule is CCN(CC(=O)NNC(=O)c1ccc(-n2cnnn2)cc1)Cc1ccc(Cl)cc1. The molecule has 0 saturated carbocycles. The van der Waals surface area contributed by atoms with E-state index in [0.717, 1.165) is 11.3 Å². The second-order valence-corrected chi connectivity index (χ2v) is 6.67. The van der Waals surface area contributed by atoms with Crippen molar-refractivity contribution in [2.24, 2.45) is 0 Å². The number of amides is 2. The summed E-state index contributed by atoms with van der Waals surface area (Å²) in [7, 11) is 0. The Morgan fingerprint density at radius 3 is 2.41 bits per heavy atom. The second-order valence-electron chi connectivity index (χ2n) is 6.23. The van der Waals surface area contributed by atoms with E-state index < -0.39 is 5.91 Å². The van der Waals surface area contributed by atoms with E-state index in [4.69, 9.17) is 11.6 Å². The van der Waals surface area contributed by atoms with Crippen molar-refractivity contribution in [2.45, 2.75) is 13.5 Å². The predicted molar refractivity (Wildman–Crippen MR) is 107 cm³/mol. The van der Waals surface area contributed by atoms with Crippen molar-refractivity contribution in [3.63, 3.8) is 0 Å². The highest BCUT2D eigenvalue weighted by Crippen LogP contribution is 2.11. The Balaban J connectivity index is 1.48. The van der Waals surface area contributed by atoms with Gasteiger partial charge in [-0.05, 0) is 58.9 Å². The molecule has 10 heteroatoms. The number of nitrogens with zero attached hydrogens (tertiary/aromatic N) is 5. The van der Waals surface area contributed by atoms with Gasteiger partial charge in [0, 0.05) is 17.1 Å². The molecular weight excluding hydrogens is 394 g/mol. The van der Waals surface area contributed by atoms with Gasteiger partial charge < -0.3 is 0 Å². The Hall–Kier alpha value is -3.30. The number of rotatable bonds is 7. The normalized spacial score (nSPS) is 10.7. The van der Waals surface area contributed by atoms with Crippen LogP contribution in [0.1, 0.15) is 22.8 Å². The lowest BCUT2D eigenvalue weighted by Crippen LogP contribution is -2.46. The van der Waals surface area contributed by atoms with Gasteiger partial charge in [0.25, 0.3) is 11.8 Å². The zero-order valence-corrected chi connectivity index (χ0v) is 16.5. The van der Waals surface area contributed by atoms with Crippen molar-refractivity contribution < 1.29 is 9.59 Å². The molecule has 1 heterocycles. The molecule has 2 N–H and O–H groups in total. The number of carbonyl (C=O) groups is 2. The van der Waals surface area contributed by atoms with Crippen molar-refractivity contribution in [1.82, 2.24) is 36.0 Å². The number of nitrogens with one attached hydrogen (secondary N) is 2. The maximum Gasteiger partial charge on any atom is 0.269 e. The molecule has 0 aliphatic rings. The molecule has 29 heavy (non-hydrogen) atoms. The standard InChI is InChI=1S/C19H20ClN7O2/c1-2-26(11-14-3-7-16(20)8-4-14)12-18(28)22-23-19(29)15-5-9-17(10-6-15)27-13-21-24-25-27/h3-10,13H,2,11-12H2,1H3,(H,22,28)(H,23,29). The summed E-state index contributed by atoms with van der Waals surface area (Å²) in [5.41, 5.74) is 7.04. The fourth-order valence-electron chi connectivity index (χ4n) is 2.61. The van der Waals surface area contributed by atoms with Gasteiger partial charge in [-0.2, -0.15) is 0 Å². The number of halogens is 1. The molecule has 9 nitrogen and oxygen atoms in total. The zero-order chi connectivity index (χ0) is 20.6. The van der Waals surface area contributed by atoms with Gasteiger partial charge in [0.15, 0.2) is 0 Å². The van der Waals surface area contributed by atoms with Gasteiger partial charge in [0.2, 0.25) is 0 Å². The van der Waals surface area contributed by atoms with Crippen LogP contribution in [0.25, 0.3) is 5.69 Å². The molecule has 2 aromatic carbocycles. The summed E-state index contributed by atoms with van der Waals surface area (Å²) in [6.07, 6.45) is 1.46. The topological polar surface area (TPSA) is 105 Å². The van der Waals surface area contributed by atoms with E-state index in [0.29, 0.717) is 23.7 Å². The monoisotopic (exact) mass is 413 g/mol. The molecule has 0 aliphatic carbocycles. The van der Waals surface area contributed by atoms with Crippen molar-refractivity contribution in [3.05, 3.63) is 71.0 Å². The first-order valence-corrected chi connectivity index (χ1v) is 9.32. The minimum atomic E-state index is -0.414. The first-order valence-electron chi connectivity index (χ1n) is 8.94. The lowest BCUT2D eigenvalue weighted by Gasteiger charge is -2.20. The summed E-state index contributed by atoms with van der Waals surface area (Å²) in [6.45, 7) is 3.40. The smallest absolute Gasteiger partial charge is 0.269 e. The van der Waals surface area contributed by atoms with Crippen LogP contribution in [0.4, 0.5) is 0 Å². The molecule has 3 aromatic rings. The summed E-state index contributed by atoms with van der Waals surface area (Å²) in [6, 6.07) is 14.1. The second kappa shape index (κ2) is 9.76. The molecule has 1 aromatic heterocycles. The summed E-state index contributed by atoms with van der Waals surface area (Å²) in [5, 5.41) is 11.6. The van der Waals surface area contributed by atoms with Gasteiger partial charge in [-0.25, -0.2) is 4.68 Å². The number of carbonyl (C=O) groups excluding carboxylic acids is 2. The Bertz CT molecular complexity index is 944. The molecular formula is C19H20ClN7O2. The number of tetrazole rings is 1. The van der Waals surface area contributed by atoms with E-state index in [-0.39, 0.29) is 12.5 Å². The minimum Gasteiger partial charge on any atom is -0.290 e. The van der Waals surface area contributed by atoms with Crippen molar-refractivity contribution in [1.29, 1.82) is 0 Å². The third-order valence-corrected chi connectivity index (χ3v) is 4.44. The molecule has 0 fully saturated rings. The number of likely N-dealkylation sites (N-methyl/N-ethyl adjacent to an activating group) is 1. The molecule has 150 valence electrons. The van der Waals surface area contributed by atoms with Crippen LogP contribution in [-0.2, 0) is 11.3 Å². The molecule has 0 atom stereocenters. The number of benzene rings is 2. The van der Waals surface area contributed by atoms with E-state index in [1.165, 1.54) is 11.0 Å². The van der Waals surface area contributed by atoms with Gasteiger partial charge in [-0.15, -0.1) is 5.10 Å². The van der Waals surface area contributed by atoms with Crippen LogP contribution in [0.15, 0.2) is 54.9 Å². The lowest BCUT2D eigenvalue weighted by molar-refractivity contribution is -0.123. The third kappa shape index (κ3) is 5.84. The molecule has 0 aliphatic heterocycles. The Morgan fingerprint density at radius 1 is 1.07 bits per heavy atom. The predicted octanol–water partition coefficient (Wildman–Crippen LogP) is 1.60. The van der Waals surface area contributed by atoms with Crippen molar-refractivity contribution in [2.75, 3.05) is 13.1 Å². The first-order chi connectivity index (χ1) is 14.0. The highest BCUT2D eigenvalue weighted by atomic mass is 35.5. The Morgan fingerprint density at radius 2 is 1.79 bits per heavy atom. The maximum atomic E-state index is 12.2. The van der Waals surface area contributed by atoms with Gasteiger partial charge >= 0.3 is 0 Å². The van der Waals surface area contributed by atoms with Crippen molar-refractivity contribution >= 4 is 23.4 Å². The van der Waals surface area contributed by atoms with E-state index in [1.807, 2.05) is 36.1 Å². The summed E-state index contributed by atoms with van der Waals surface area (Å²) in [5.74, 6) is -0.721. The number of aromatic nitrogens is 4. The van der Waals surface area contributed by atoms with Crippen LogP contribution < -0.4 is 10.9 Å². The largest absolute Gasteiger partial charge is 0.290 e. The van der Waals surface area contributed by atoms with E-state index in [2.05, 4.69) is 26.4 Å². The van der Waals surface area contributed by atoms with E-state index in [1.54, 1.807) is 24.3 Å². The Labute approximate surface area is 172 Å². The molecule has 0 spiro atoms. The van der Waals surface area contributed by atoms with Gasteiger partial charge in [-0.3, -0.25) is 25.3 Å². The summed E-state index contributed by atoms with van der Waals surface area (Å²) < 4.78 is 1.48. The van der Waals surface area contributed by atoms with Crippen molar-refractivity contribution in [3.8, 4) is 5.69 Å². The van der Waals surface area contributed by atoms with Gasteiger partial charge in [-0.1, -0.05) is 30.7 Å². The number of hydrogen-bond acceptors (Lipinski definition) is 6. The molecule has 0 radical (unpaired) electrons. The molecule has 0 saturated heterocycles.